The summed E-state index contributed by atoms with van der Waals surface area (Å²) in [4.78, 5) is 30.7. The third-order valence-electron chi connectivity index (χ3n) is 5.59. The van der Waals surface area contributed by atoms with Gasteiger partial charge in [0.1, 0.15) is 0 Å². The van der Waals surface area contributed by atoms with Crippen LogP contribution in [0, 0.1) is 0 Å². The fraction of sp³-hybridized carbons (Fsp3) is 0.650. The minimum Gasteiger partial charge on any atom is -0.464 e. The highest BCUT2D eigenvalue weighted by Gasteiger charge is 2.31. The highest BCUT2D eigenvalue weighted by atomic mass is 16.7. The lowest BCUT2D eigenvalue weighted by atomic mass is 9.89. The lowest BCUT2D eigenvalue weighted by Gasteiger charge is -2.41. The number of rotatable bonds is 5. The third kappa shape index (κ3) is 4.34. The molecule has 6 nitrogen and oxygen atoms in total. The van der Waals surface area contributed by atoms with Crippen LogP contribution in [0.15, 0.2) is 29.1 Å². The molecule has 0 aromatic rings. The summed E-state index contributed by atoms with van der Waals surface area (Å²) in [7, 11) is 1.26. The van der Waals surface area contributed by atoms with Gasteiger partial charge in [-0.25, -0.2) is 9.59 Å². The Bertz CT molecular complexity index is 593. The molecule has 0 amide bonds. The van der Waals surface area contributed by atoms with Crippen LogP contribution in [0.4, 0.5) is 0 Å². The van der Waals surface area contributed by atoms with Gasteiger partial charge in [-0.15, -0.1) is 0 Å². The van der Waals surface area contributed by atoms with Gasteiger partial charge in [-0.2, -0.15) is 0 Å². The summed E-state index contributed by atoms with van der Waals surface area (Å²) in [5.74, 6) is -1.27. The van der Waals surface area contributed by atoms with E-state index in [9.17, 15) is 9.59 Å². The number of esters is 1. The first kappa shape index (κ1) is 18.7. The Kier molecular flexibility index (Phi) is 6.47. The normalized spacial score (nSPS) is 24.0. The van der Waals surface area contributed by atoms with Crippen molar-refractivity contribution in [1.82, 2.24) is 4.90 Å². The molecule has 1 aliphatic heterocycles. The maximum absolute atomic E-state index is 11.8. The van der Waals surface area contributed by atoms with Gasteiger partial charge in [0.05, 0.1) is 12.7 Å². The van der Waals surface area contributed by atoms with Crippen molar-refractivity contribution in [3.05, 3.63) is 23.9 Å². The molecule has 6 heteroatoms. The van der Waals surface area contributed by atoms with Crippen molar-refractivity contribution in [2.24, 2.45) is 5.16 Å². The van der Waals surface area contributed by atoms with Crippen LogP contribution < -0.4 is 0 Å². The van der Waals surface area contributed by atoms with Crippen LogP contribution in [-0.2, 0) is 19.2 Å². The third-order valence-corrected chi connectivity index (χ3v) is 5.59. The van der Waals surface area contributed by atoms with E-state index in [0.717, 1.165) is 0 Å². The molecule has 3 aliphatic rings. The lowest BCUT2D eigenvalue weighted by Crippen LogP contribution is -2.41. The molecule has 0 unspecified atom stereocenters. The Morgan fingerprint density at radius 2 is 1.65 bits per heavy atom. The summed E-state index contributed by atoms with van der Waals surface area (Å²) in [5, 5.41) is 3.52. The van der Waals surface area contributed by atoms with Gasteiger partial charge < -0.3 is 14.5 Å². The number of methoxy groups -OCH3 is 1. The summed E-state index contributed by atoms with van der Waals surface area (Å²) in [6.45, 7) is 0. The topological polar surface area (TPSA) is 68.2 Å². The molecule has 0 atom stereocenters. The number of hydrogen-bond acceptors (Lipinski definition) is 6. The average molecular weight is 360 g/mol. The fourth-order valence-corrected chi connectivity index (χ4v) is 4.21. The predicted octanol–water partition coefficient (Wildman–Crippen LogP) is 3.48. The molecule has 142 valence electrons. The van der Waals surface area contributed by atoms with Crippen molar-refractivity contribution in [3.63, 3.8) is 0 Å². The van der Waals surface area contributed by atoms with Crippen molar-refractivity contribution in [3.8, 4) is 0 Å². The van der Waals surface area contributed by atoms with Crippen LogP contribution in [-0.4, -0.2) is 41.7 Å². The minimum atomic E-state index is -0.660. The van der Waals surface area contributed by atoms with Crippen molar-refractivity contribution >= 4 is 17.7 Å². The molecule has 2 saturated carbocycles. The molecular weight excluding hydrogens is 332 g/mol. The van der Waals surface area contributed by atoms with Gasteiger partial charge >= 0.3 is 11.9 Å². The molecular formula is C20H28N2O4. The summed E-state index contributed by atoms with van der Waals surface area (Å²) in [6, 6.07) is 1.15. The Labute approximate surface area is 154 Å². The van der Waals surface area contributed by atoms with E-state index in [1.165, 1.54) is 71.3 Å². The van der Waals surface area contributed by atoms with Gasteiger partial charge in [-0.05, 0) is 44.0 Å². The average Bonchev–Trinajstić information content (AvgIpc) is 3.06. The smallest absolute Gasteiger partial charge is 0.368 e. The molecule has 0 saturated heterocycles. The van der Waals surface area contributed by atoms with E-state index < -0.39 is 11.9 Å². The van der Waals surface area contributed by atoms with Crippen molar-refractivity contribution < 1.29 is 19.2 Å². The van der Waals surface area contributed by atoms with E-state index in [-0.39, 0.29) is 11.3 Å². The molecule has 0 spiro atoms. The van der Waals surface area contributed by atoms with Crippen molar-refractivity contribution in [2.75, 3.05) is 7.11 Å². The van der Waals surface area contributed by atoms with Crippen LogP contribution in [0.3, 0.4) is 0 Å². The summed E-state index contributed by atoms with van der Waals surface area (Å²) >= 11 is 0. The van der Waals surface area contributed by atoms with E-state index in [2.05, 4.69) is 25.8 Å². The minimum absolute atomic E-state index is 0.0657. The van der Waals surface area contributed by atoms with Crippen LogP contribution in [0.2, 0.25) is 0 Å². The van der Waals surface area contributed by atoms with E-state index >= 15 is 0 Å². The highest BCUT2D eigenvalue weighted by molar-refractivity contribution is 6.50. The Morgan fingerprint density at radius 1 is 1.08 bits per heavy atom. The Balaban J connectivity index is 1.75. The van der Waals surface area contributed by atoms with Crippen LogP contribution in [0.25, 0.3) is 0 Å². The van der Waals surface area contributed by atoms with Gasteiger partial charge in [0, 0.05) is 12.1 Å². The van der Waals surface area contributed by atoms with E-state index in [1.54, 1.807) is 6.08 Å². The summed E-state index contributed by atoms with van der Waals surface area (Å²) in [6.07, 6.45) is 18.3. The highest BCUT2D eigenvalue weighted by Crippen LogP contribution is 2.30. The number of carbonyl (C=O) groups is 2. The van der Waals surface area contributed by atoms with Gasteiger partial charge in [0.2, 0.25) is 5.71 Å². The van der Waals surface area contributed by atoms with Gasteiger partial charge in [-0.1, -0.05) is 43.7 Å². The molecule has 0 aromatic carbocycles. The number of oxime groups is 1. The monoisotopic (exact) mass is 360 g/mol. The molecule has 26 heavy (non-hydrogen) atoms. The SMILES string of the molecule is COC(=O)C1=NOC(=O)C1=CC=CN(C1CCCCC1)C1CCCCC1. The molecule has 0 radical (unpaired) electrons. The molecule has 2 aliphatic carbocycles. The van der Waals surface area contributed by atoms with Crippen LogP contribution in [0.1, 0.15) is 64.2 Å². The Hall–Kier alpha value is -2.11. The molecule has 0 N–H and O–H groups in total. The zero-order valence-corrected chi connectivity index (χ0v) is 15.5. The summed E-state index contributed by atoms with van der Waals surface area (Å²) in [5.41, 5.74) is 0.0874. The zero-order valence-electron chi connectivity index (χ0n) is 15.5. The second-order valence-electron chi connectivity index (χ2n) is 7.26. The molecule has 1 heterocycles. The maximum Gasteiger partial charge on any atom is 0.368 e. The number of ether oxygens (including phenoxy) is 1. The first-order chi connectivity index (χ1) is 12.7. The number of allylic oxidation sites excluding steroid dienone is 2. The zero-order chi connectivity index (χ0) is 18.4. The molecule has 0 aromatic heterocycles. The van der Waals surface area contributed by atoms with Gasteiger partial charge in [0.15, 0.2) is 0 Å². The van der Waals surface area contributed by atoms with E-state index in [4.69, 9.17) is 0 Å². The molecule has 2 fully saturated rings. The van der Waals surface area contributed by atoms with Crippen molar-refractivity contribution in [1.29, 1.82) is 0 Å². The van der Waals surface area contributed by atoms with E-state index in [0.29, 0.717) is 12.1 Å². The van der Waals surface area contributed by atoms with Gasteiger partial charge in [0.25, 0.3) is 0 Å². The summed E-state index contributed by atoms with van der Waals surface area (Å²) < 4.78 is 4.65. The quantitative estimate of drug-likeness (QED) is 0.426. The molecule has 3 rings (SSSR count). The lowest BCUT2D eigenvalue weighted by molar-refractivity contribution is -0.136. The van der Waals surface area contributed by atoms with Crippen molar-refractivity contribution in [2.45, 2.75) is 76.3 Å². The first-order valence-electron chi connectivity index (χ1n) is 9.74. The Morgan fingerprint density at radius 3 is 2.19 bits per heavy atom. The second-order valence-corrected chi connectivity index (χ2v) is 7.26. The van der Waals surface area contributed by atoms with Gasteiger partial charge in [-0.3, -0.25) is 0 Å². The maximum atomic E-state index is 11.8. The second kappa shape index (κ2) is 9.01. The van der Waals surface area contributed by atoms with Crippen LogP contribution in [0.5, 0.6) is 0 Å². The molecule has 0 bridgehead atoms. The largest absolute Gasteiger partial charge is 0.464 e. The number of nitrogens with zero attached hydrogens (tertiary/aromatic N) is 2. The predicted molar refractivity (Wildman–Crippen MR) is 98.4 cm³/mol. The van der Waals surface area contributed by atoms with E-state index in [1.807, 2.05) is 6.08 Å². The number of carbonyl (C=O) groups excluding carboxylic acids is 2. The fourth-order valence-electron chi connectivity index (χ4n) is 4.21. The van der Waals surface area contributed by atoms with Crippen LogP contribution >= 0.6 is 0 Å². The first-order valence-corrected chi connectivity index (χ1v) is 9.74. The number of hydrogen-bond donors (Lipinski definition) is 0. The standard InChI is InChI=1S/C20H28N2O4/c1-25-20(24)18-17(19(23)26-21-18)13-8-14-22(15-9-4-2-5-10-15)16-11-6-3-7-12-16/h8,13-16H,2-7,9-12H2,1H3.